The first-order valence-electron chi connectivity index (χ1n) is 20.8. The smallest absolute Gasteiger partial charge is 0.0468 e. The van der Waals surface area contributed by atoms with Crippen LogP contribution in [0.2, 0.25) is 0 Å². The zero-order chi connectivity index (χ0) is 40.0. The maximum Gasteiger partial charge on any atom is 0.0468 e. The Balaban J connectivity index is 1.20. The van der Waals surface area contributed by atoms with Gasteiger partial charge < -0.3 is 4.90 Å². The largest absolute Gasteiger partial charge is 0.310 e. The number of fused-ring (bicyclic) bond motifs is 7. The van der Waals surface area contributed by atoms with E-state index in [0.29, 0.717) is 0 Å². The molecule has 0 heterocycles. The minimum atomic E-state index is 1.11. The van der Waals surface area contributed by atoms with Gasteiger partial charge in [-0.1, -0.05) is 188 Å². The molecule has 0 fully saturated rings. The maximum atomic E-state index is 2.43. The fourth-order valence-electron chi connectivity index (χ4n) is 9.36. The van der Waals surface area contributed by atoms with Gasteiger partial charge in [-0.2, -0.15) is 0 Å². The Morgan fingerprint density at radius 3 is 1.53 bits per heavy atom. The van der Waals surface area contributed by atoms with E-state index in [4.69, 9.17) is 0 Å². The molecule has 60 heavy (non-hydrogen) atoms. The maximum absolute atomic E-state index is 2.43. The van der Waals surface area contributed by atoms with Crippen molar-refractivity contribution in [2.45, 2.75) is 6.92 Å². The summed E-state index contributed by atoms with van der Waals surface area (Å²) >= 11 is 0. The van der Waals surface area contributed by atoms with Gasteiger partial charge in [-0.15, -0.1) is 0 Å². The second-order valence-corrected chi connectivity index (χ2v) is 15.7. The van der Waals surface area contributed by atoms with E-state index in [1.165, 1.54) is 93.2 Å². The molecule has 11 aromatic carbocycles. The van der Waals surface area contributed by atoms with Crippen molar-refractivity contribution in [2.24, 2.45) is 0 Å². The van der Waals surface area contributed by atoms with Gasteiger partial charge in [0, 0.05) is 17.1 Å². The minimum absolute atomic E-state index is 1.11. The highest BCUT2D eigenvalue weighted by Gasteiger charge is 2.23. The van der Waals surface area contributed by atoms with E-state index in [1.807, 2.05) is 0 Å². The van der Waals surface area contributed by atoms with E-state index >= 15 is 0 Å². The van der Waals surface area contributed by atoms with Crippen molar-refractivity contribution in [3.05, 3.63) is 236 Å². The van der Waals surface area contributed by atoms with Gasteiger partial charge in [0.15, 0.2) is 0 Å². The molecule has 1 heteroatoms. The monoisotopic (exact) mass is 763 g/mol. The van der Waals surface area contributed by atoms with Gasteiger partial charge in [-0.25, -0.2) is 0 Å². The summed E-state index contributed by atoms with van der Waals surface area (Å²) in [6.07, 6.45) is 0. The number of rotatable bonds is 7. The molecule has 1 nitrogen and oxygen atoms in total. The van der Waals surface area contributed by atoms with Crippen LogP contribution < -0.4 is 4.90 Å². The normalized spacial score (nSPS) is 11.4. The van der Waals surface area contributed by atoms with Gasteiger partial charge in [-0.3, -0.25) is 0 Å². The summed E-state index contributed by atoms with van der Waals surface area (Å²) in [7, 11) is 0. The van der Waals surface area contributed by atoms with Gasteiger partial charge in [0.25, 0.3) is 0 Å². The molecular weight excluding hydrogens is 723 g/mol. The number of hydrogen-bond acceptors (Lipinski definition) is 1. The highest BCUT2D eigenvalue weighted by molar-refractivity contribution is 6.33. The lowest BCUT2D eigenvalue weighted by atomic mass is 9.81. The molecule has 0 aliphatic carbocycles. The minimum Gasteiger partial charge on any atom is -0.310 e. The molecule has 0 saturated heterocycles. The van der Waals surface area contributed by atoms with E-state index in [-0.39, 0.29) is 0 Å². The third-order valence-electron chi connectivity index (χ3n) is 12.1. The van der Waals surface area contributed by atoms with E-state index in [2.05, 4.69) is 242 Å². The Hall–Kier alpha value is -7.74. The molecule has 0 saturated carbocycles. The van der Waals surface area contributed by atoms with Gasteiger partial charge in [0.05, 0.1) is 0 Å². The molecule has 11 aromatic rings. The molecule has 11 rings (SSSR count). The van der Waals surface area contributed by atoms with E-state index in [9.17, 15) is 0 Å². The van der Waals surface area contributed by atoms with Crippen LogP contribution in [0.4, 0.5) is 17.1 Å². The first-order chi connectivity index (χ1) is 29.7. The van der Waals surface area contributed by atoms with E-state index < -0.39 is 0 Å². The third kappa shape index (κ3) is 6.11. The zero-order valence-corrected chi connectivity index (χ0v) is 33.4. The van der Waals surface area contributed by atoms with Crippen LogP contribution in [0.3, 0.4) is 0 Å². The van der Waals surface area contributed by atoms with Crippen LogP contribution in [0.1, 0.15) is 5.56 Å². The number of aryl methyl sites for hydroxylation is 1. The second-order valence-electron chi connectivity index (χ2n) is 15.7. The van der Waals surface area contributed by atoms with E-state index in [0.717, 1.165) is 17.1 Å². The Morgan fingerprint density at radius 1 is 0.283 bits per heavy atom. The van der Waals surface area contributed by atoms with Crippen LogP contribution in [-0.4, -0.2) is 0 Å². The fourth-order valence-corrected chi connectivity index (χ4v) is 9.36. The quantitative estimate of drug-likeness (QED) is 0.146. The van der Waals surface area contributed by atoms with Gasteiger partial charge in [0.2, 0.25) is 0 Å². The molecule has 0 aliphatic heterocycles. The number of nitrogens with zero attached hydrogens (tertiary/aromatic N) is 1. The molecule has 0 bridgehead atoms. The lowest BCUT2D eigenvalue weighted by molar-refractivity contribution is 1.28. The van der Waals surface area contributed by atoms with Crippen molar-refractivity contribution >= 4 is 60.2 Å². The SMILES string of the molecule is Cc1cccc(N(c2ccc(-c3cccc4ccccc34)cc2)c2ccc3c(c2)c2ccccc2c2c(-c4ccccc4)cc(-c4ccccc4)c(-c4ccccc4)c32)c1. The standard InChI is InChI=1S/C59H41N/c1-40-17-15-26-47(37-40)60(46-33-31-44(32-34-46)50-30-16-25-41-22-11-12-27-49(41)50)48-35-36-53-56(38-48)51-28-13-14-29-52(51)58-55(43-20-7-3-8-21-43)39-54(42-18-5-2-6-19-42)57(59(53)58)45-23-9-4-10-24-45/h2-39H,1H3. The summed E-state index contributed by atoms with van der Waals surface area (Å²) in [5.74, 6) is 0. The van der Waals surface area contributed by atoms with Gasteiger partial charge in [-0.05, 0) is 143 Å². The van der Waals surface area contributed by atoms with Crippen LogP contribution in [-0.2, 0) is 0 Å². The van der Waals surface area contributed by atoms with Crippen molar-refractivity contribution in [1.29, 1.82) is 0 Å². The summed E-state index contributed by atoms with van der Waals surface area (Å²) < 4.78 is 0. The van der Waals surface area contributed by atoms with Crippen molar-refractivity contribution in [1.82, 2.24) is 0 Å². The third-order valence-corrected chi connectivity index (χ3v) is 12.1. The molecule has 282 valence electrons. The van der Waals surface area contributed by atoms with Crippen LogP contribution in [0.25, 0.3) is 87.6 Å². The summed E-state index contributed by atoms with van der Waals surface area (Å²) in [5.41, 5.74) is 14.3. The first kappa shape index (κ1) is 35.4. The van der Waals surface area contributed by atoms with Crippen molar-refractivity contribution < 1.29 is 0 Å². The molecule has 0 radical (unpaired) electrons. The van der Waals surface area contributed by atoms with Crippen LogP contribution in [0, 0.1) is 6.92 Å². The molecule has 0 aromatic heterocycles. The van der Waals surface area contributed by atoms with E-state index in [1.54, 1.807) is 0 Å². The lowest BCUT2D eigenvalue weighted by Crippen LogP contribution is -2.10. The summed E-state index contributed by atoms with van der Waals surface area (Å²) in [5, 5.41) is 9.99. The van der Waals surface area contributed by atoms with Crippen LogP contribution in [0.15, 0.2) is 231 Å². The predicted molar refractivity (Wildman–Crippen MR) is 258 cm³/mol. The zero-order valence-electron chi connectivity index (χ0n) is 33.4. The number of benzene rings is 11. The molecule has 0 atom stereocenters. The molecule has 0 unspecified atom stereocenters. The van der Waals surface area contributed by atoms with Crippen LogP contribution in [0.5, 0.6) is 0 Å². The Kier molecular flexibility index (Phi) is 8.79. The lowest BCUT2D eigenvalue weighted by Gasteiger charge is -2.27. The topological polar surface area (TPSA) is 3.24 Å². The summed E-state index contributed by atoms with van der Waals surface area (Å²) in [4.78, 5) is 2.41. The highest BCUT2D eigenvalue weighted by atomic mass is 15.1. The highest BCUT2D eigenvalue weighted by Crippen LogP contribution is 2.50. The summed E-state index contributed by atoms with van der Waals surface area (Å²) in [6.45, 7) is 2.17. The molecule has 0 N–H and O–H groups in total. The van der Waals surface area contributed by atoms with Gasteiger partial charge in [0.1, 0.15) is 0 Å². The first-order valence-corrected chi connectivity index (χ1v) is 20.8. The van der Waals surface area contributed by atoms with Crippen molar-refractivity contribution in [3.8, 4) is 44.5 Å². The Bertz CT molecular complexity index is 3340. The molecule has 0 amide bonds. The van der Waals surface area contributed by atoms with Crippen LogP contribution >= 0.6 is 0 Å². The van der Waals surface area contributed by atoms with Gasteiger partial charge >= 0.3 is 0 Å². The molecule has 0 aliphatic rings. The Morgan fingerprint density at radius 2 is 0.817 bits per heavy atom. The predicted octanol–water partition coefficient (Wildman–Crippen LogP) is 16.7. The average molecular weight is 764 g/mol. The number of anilines is 3. The fraction of sp³-hybridized carbons (Fsp3) is 0.0169. The summed E-state index contributed by atoms with van der Waals surface area (Å²) in [6, 6.07) is 84.4. The molecular formula is C59H41N. The Labute approximate surface area is 351 Å². The van der Waals surface area contributed by atoms with Crippen molar-refractivity contribution in [3.63, 3.8) is 0 Å². The molecule has 0 spiro atoms. The second kappa shape index (κ2) is 14.9. The average Bonchev–Trinajstić information content (AvgIpc) is 3.32. The number of hydrogen-bond donors (Lipinski definition) is 0. The van der Waals surface area contributed by atoms with Crippen molar-refractivity contribution in [2.75, 3.05) is 4.90 Å².